The molecule has 1 amide bonds. The predicted octanol–water partition coefficient (Wildman–Crippen LogP) is 0.647. The molecule has 1 aliphatic heterocycles. The van der Waals surface area contributed by atoms with Crippen molar-refractivity contribution in [3.05, 3.63) is 24.0 Å². The van der Waals surface area contributed by atoms with Gasteiger partial charge < -0.3 is 20.4 Å². The summed E-state index contributed by atoms with van der Waals surface area (Å²) in [4.78, 5) is 15.4. The van der Waals surface area contributed by atoms with E-state index in [1.807, 2.05) is 18.5 Å². The van der Waals surface area contributed by atoms with Crippen molar-refractivity contribution in [2.75, 3.05) is 26.8 Å². The number of nitrogens with one attached hydrogen (secondary N) is 3. The minimum Gasteiger partial charge on any atom is -0.384 e. The summed E-state index contributed by atoms with van der Waals surface area (Å²) in [6, 6.07) is 1.96. The molecule has 2 rings (SSSR count). The lowest BCUT2D eigenvalue weighted by Gasteiger charge is -2.35. The van der Waals surface area contributed by atoms with E-state index >= 15 is 0 Å². The topological polar surface area (TPSA) is 66.1 Å². The Kier molecular flexibility index (Phi) is 4.38. The molecule has 1 aromatic rings. The molecule has 1 saturated heterocycles. The minimum absolute atomic E-state index is 0.104. The van der Waals surface area contributed by atoms with Crippen LogP contribution in [0.1, 0.15) is 18.4 Å². The second-order valence-corrected chi connectivity index (χ2v) is 4.87. The molecule has 1 aliphatic rings. The van der Waals surface area contributed by atoms with Gasteiger partial charge in [0.1, 0.15) is 0 Å². The Labute approximate surface area is 107 Å². The molecule has 0 aromatic carbocycles. The molecule has 0 atom stereocenters. The maximum atomic E-state index is 12.4. The fourth-order valence-corrected chi connectivity index (χ4v) is 2.46. The number of methoxy groups -OCH3 is 1. The van der Waals surface area contributed by atoms with Gasteiger partial charge >= 0.3 is 0 Å². The van der Waals surface area contributed by atoms with Gasteiger partial charge in [0.2, 0.25) is 5.91 Å². The van der Waals surface area contributed by atoms with Crippen LogP contribution in [0, 0.1) is 5.41 Å². The molecule has 0 radical (unpaired) electrons. The van der Waals surface area contributed by atoms with E-state index < -0.39 is 0 Å². The Morgan fingerprint density at radius 2 is 2.28 bits per heavy atom. The number of hydrogen-bond donors (Lipinski definition) is 3. The summed E-state index contributed by atoms with van der Waals surface area (Å²) in [5, 5.41) is 6.30. The van der Waals surface area contributed by atoms with E-state index in [1.54, 1.807) is 7.11 Å². The fourth-order valence-electron chi connectivity index (χ4n) is 2.46. The zero-order chi connectivity index (χ0) is 12.8. The van der Waals surface area contributed by atoms with Crippen molar-refractivity contribution in [2.24, 2.45) is 5.41 Å². The van der Waals surface area contributed by atoms with Crippen molar-refractivity contribution in [1.29, 1.82) is 0 Å². The SMILES string of the molecule is COCC1(C(=O)NCc2cc[nH]c2)CCNCC1. The second kappa shape index (κ2) is 6.02. The van der Waals surface area contributed by atoms with E-state index in [1.165, 1.54) is 0 Å². The van der Waals surface area contributed by atoms with Gasteiger partial charge in [-0.05, 0) is 37.6 Å². The van der Waals surface area contributed by atoms with Gasteiger partial charge in [0, 0.05) is 26.0 Å². The molecule has 2 heterocycles. The van der Waals surface area contributed by atoms with Crippen molar-refractivity contribution < 1.29 is 9.53 Å². The Morgan fingerprint density at radius 3 is 2.89 bits per heavy atom. The van der Waals surface area contributed by atoms with Crippen molar-refractivity contribution >= 4 is 5.91 Å². The molecule has 3 N–H and O–H groups in total. The number of piperidine rings is 1. The molecule has 0 spiro atoms. The lowest BCUT2D eigenvalue weighted by atomic mass is 9.78. The van der Waals surface area contributed by atoms with E-state index in [0.29, 0.717) is 13.2 Å². The molecule has 5 heteroatoms. The Hall–Kier alpha value is -1.33. The Bertz CT molecular complexity index is 364. The highest BCUT2D eigenvalue weighted by molar-refractivity contribution is 5.83. The summed E-state index contributed by atoms with van der Waals surface area (Å²) < 4.78 is 5.25. The summed E-state index contributed by atoms with van der Waals surface area (Å²) in [6.45, 7) is 2.82. The van der Waals surface area contributed by atoms with Gasteiger partial charge in [-0.3, -0.25) is 4.79 Å². The summed E-state index contributed by atoms with van der Waals surface area (Å²) in [6.07, 6.45) is 5.42. The van der Waals surface area contributed by atoms with Crippen LogP contribution in [-0.2, 0) is 16.1 Å². The third-order valence-electron chi connectivity index (χ3n) is 3.58. The minimum atomic E-state index is -0.365. The number of carbonyl (C=O) groups is 1. The van der Waals surface area contributed by atoms with Crippen LogP contribution >= 0.6 is 0 Å². The first-order valence-corrected chi connectivity index (χ1v) is 6.36. The summed E-state index contributed by atoms with van der Waals surface area (Å²) in [7, 11) is 1.66. The van der Waals surface area contributed by atoms with Crippen molar-refractivity contribution in [2.45, 2.75) is 19.4 Å². The van der Waals surface area contributed by atoms with Crippen LogP contribution in [0.5, 0.6) is 0 Å². The molecule has 0 aliphatic carbocycles. The third-order valence-corrected chi connectivity index (χ3v) is 3.58. The van der Waals surface area contributed by atoms with Crippen LogP contribution in [0.2, 0.25) is 0 Å². The van der Waals surface area contributed by atoms with Gasteiger partial charge in [-0.1, -0.05) is 0 Å². The average molecular weight is 251 g/mol. The number of carbonyl (C=O) groups excluding carboxylic acids is 1. The number of aromatic nitrogens is 1. The largest absolute Gasteiger partial charge is 0.384 e. The van der Waals surface area contributed by atoms with Crippen LogP contribution < -0.4 is 10.6 Å². The third kappa shape index (κ3) is 2.91. The van der Waals surface area contributed by atoms with E-state index in [9.17, 15) is 4.79 Å². The Balaban J connectivity index is 1.95. The molecule has 0 saturated carbocycles. The van der Waals surface area contributed by atoms with E-state index in [4.69, 9.17) is 4.74 Å². The number of rotatable bonds is 5. The van der Waals surface area contributed by atoms with Gasteiger partial charge in [-0.2, -0.15) is 0 Å². The van der Waals surface area contributed by atoms with Crippen LogP contribution in [0.15, 0.2) is 18.5 Å². The number of amides is 1. The maximum Gasteiger partial charge on any atom is 0.228 e. The summed E-state index contributed by atoms with van der Waals surface area (Å²) in [5.41, 5.74) is 0.723. The molecule has 0 bridgehead atoms. The smallest absolute Gasteiger partial charge is 0.228 e. The van der Waals surface area contributed by atoms with Gasteiger partial charge in [0.25, 0.3) is 0 Å². The normalized spacial score (nSPS) is 18.5. The second-order valence-electron chi connectivity index (χ2n) is 4.87. The number of hydrogen-bond acceptors (Lipinski definition) is 3. The van der Waals surface area contributed by atoms with Crippen LogP contribution in [-0.4, -0.2) is 37.7 Å². The predicted molar refractivity (Wildman–Crippen MR) is 69.1 cm³/mol. The first kappa shape index (κ1) is 13.1. The van der Waals surface area contributed by atoms with Gasteiger partial charge in [-0.25, -0.2) is 0 Å². The first-order chi connectivity index (χ1) is 8.77. The highest BCUT2D eigenvalue weighted by Gasteiger charge is 2.39. The number of aromatic amines is 1. The van der Waals surface area contributed by atoms with E-state index in [0.717, 1.165) is 31.5 Å². The zero-order valence-electron chi connectivity index (χ0n) is 10.8. The molecule has 1 aromatic heterocycles. The van der Waals surface area contributed by atoms with Crippen LogP contribution in [0.3, 0.4) is 0 Å². The molecule has 0 unspecified atom stereocenters. The van der Waals surface area contributed by atoms with Gasteiger partial charge in [-0.15, -0.1) is 0 Å². The number of ether oxygens (including phenoxy) is 1. The first-order valence-electron chi connectivity index (χ1n) is 6.36. The lowest BCUT2D eigenvalue weighted by molar-refractivity contribution is -0.136. The van der Waals surface area contributed by atoms with Crippen molar-refractivity contribution in [3.8, 4) is 0 Å². The van der Waals surface area contributed by atoms with Crippen molar-refractivity contribution in [3.63, 3.8) is 0 Å². The zero-order valence-corrected chi connectivity index (χ0v) is 10.8. The molecule has 1 fully saturated rings. The highest BCUT2D eigenvalue weighted by atomic mass is 16.5. The molecular formula is C13H21N3O2. The van der Waals surface area contributed by atoms with Crippen LogP contribution in [0.25, 0.3) is 0 Å². The summed E-state index contributed by atoms with van der Waals surface area (Å²) in [5.74, 6) is 0.104. The van der Waals surface area contributed by atoms with Crippen LogP contribution in [0.4, 0.5) is 0 Å². The molecule has 100 valence electrons. The van der Waals surface area contributed by atoms with Gasteiger partial charge in [0.15, 0.2) is 0 Å². The van der Waals surface area contributed by atoms with E-state index in [2.05, 4.69) is 15.6 Å². The monoisotopic (exact) mass is 251 g/mol. The lowest BCUT2D eigenvalue weighted by Crippen LogP contribution is -2.49. The molecule has 5 nitrogen and oxygen atoms in total. The summed E-state index contributed by atoms with van der Waals surface area (Å²) >= 11 is 0. The van der Waals surface area contributed by atoms with E-state index in [-0.39, 0.29) is 11.3 Å². The molecule has 18 heavy (non-hydrogen) atoms. The average Bonchev–Trinajstić information content (AvgIpc) is 2.90. The number of H-pyrrole nitrogens is 1. The standard InChI is InChI=1S/C13H21N3O2/c1-18-10-13(3-6-14-7-4-13)12(17)16-9-11-2-5-15-8-11/h2,5,8,14-15H,3-4,6-7,9-10H2,1H3,(H,16,17). The quantitative estimate of drug-likeness (QED) is 0.720. The highest BCUT2D eigenvalue weighted by Crippen LogP contribution is 2.29. The Morgan fingerprint density at radius 1 is 1.50 bits per heavy atom. The molecular weight excluding hydrogens is 230 g/mol. The van der Waals surface area contributed by atoms with Crippen molar-refractivity contribution in [1.82, 2.24) is 15.6 Å². The maximum absolute atomic E-state index is 12.4. The fraction of sp³-hybridized carbons (Fsp3) is 0.615. The van der Waals surface area contributed by atoms with Gasteiger partial charge in [0.05, 0.1) is 12.0 Å².